The first-order chi connectivity index (χ1) is 9.06. The number of nitrogens with one attached hydrogen (secondary N) is 1. The van der Waals surface area contributed by atoms with Gasteiger partial charge in [0.15, 0.2) is 0 Å². The molecule has 1 aromatic rings. The van der Waals surface area contributed by atoms with Gasteiger partial charge in [-0.1, -0.05) is 48.3 Å². The molecule has 2 atom stereocenters. The van der Waals surface area contributed by atoms with Gasteiger partial charge in [-0.25, -0.2) is 0 Å². The zero-order chi connectivity index (χ0) is 14.3. The zero-order valence-corrected chi connectivity index (χ0v) is 14.2. The Hall–Kier alpha value is -0.380. The molecule has 0 heterocycles. The summed E-state index contributed by atoms with van der Waals surface area (Å²) in [5, 5.41) is 3.42. The van der Waals surface area contributed by atoms with E-state index in [1.54, 1.807) is 0 Å². The fraction of sp³-hybridized carbons (Fsp3) is 0.625. The quantitative estimate of drug-likeness (QED) is 0.774. The van der Waals surface area contributed by atoms with Crippen molar-refractivity contribution in [2.24, 2.45) is 5.92 Å². The summed E-state index contributed by atoms with van der Waals surface area (Å²) < 4.78 is 1.14. The largest absolute Gasteiger partial charge is 0.313 e. The Morgan fingerprint density at radius 3 is 2.42 bits per heavy atom. The molecule has 0 amide bonds. The van der Waals surface area contributed by atoms with Crippen LogP contribution in [-0.4, -0.2) is 32.1 Å². The molecule has 1 aromatic carbocycles. The van der Waals surface area contributed by atoms with Crippen LogP contribution in [0.3, 0.4) is 0 Å². The van der Waals surface area contributed by atoms with Crippen molar-refractivity contribution in [1.29, 1.82) is 0 Å². The maximum absolute atomic E-state index is 3.49. The van der Waals surface area contributed by atoms with Gasteiger partial charge in [0, 0.05) is 17.1 Å². The van der Waals surface area contributed by atoms with Crippen molar-refractivity contribution in [3.8, 4) is 0 Å². The van der Waals surface area contributed by atoms with E-state index >= 15 is 0 Å². The summed E-state index contributed by atoms with van der Waals surface area (Å²) in [6.45, 7) is 6.90. The summed E-state index contributed by atoms with van der Waals surface area (Å²) in [5.74, 6) is 0.783. The number of benzene rings is 1. The van der Waals surface area contributed by atoms with Gasteiger partial charge in [0.25, 0.3) is 0 Å². The van der Waals surface area contributed by atoms with Gasteiger partial charge >= 0.3 is 0 Å². The average Bonchev–Trinajstić information content (AvgIpc) is 2.41. The second kappa shape index (κ2) is 8.72. The number of rotatable bonds is 8. The molecule has 19 heavy (non-hydrogen) atoms. The van der Waals surface area contributed by atoms with E-state index in [4.69, 9.17) is 0 Å². The lowest BCUT2D eigenvalue weighted by Crippen LogP contribution is -2.28. The van der Waals surface area contributed by atoms with Crippen LogP contribution in [-0.2, 0) is 0 Å². The second-order valence-corrected chi connectivity index (χ2v) is 6.37. The molecule has 0 saturated heterocycles. The van der Waals surface area contributed by atoms with Gasteiger partial charge in [-0.3, -0.25) is 0 Å². The lowest BCUT2D eigenvalue weighted by atomic mass is 10.0. The van der Waals surface area contributed by atoms with Crippen molar-refractivity contribution in [2.45, 2.75) is 32.7 Å². The lowest BCUT2D eigenvalue weighted by molar-refractivity contribution is 0.268. The van der Waals surface area contributed by atoms with Crippen LogP contribution in [0.4, 0.5) is 0 Å². The molecule has 2 nitrogen and oxygen atoms in total. The number of hydrogen-bond donors (Lipinski definition) is 1. The van der Waals surface area contributed by atoms with Gasteiger partial charge in [-0.2, -0.15) is 0 Å². The Balaban J connectivity index is 2.46. The highest BCUT2D eigenvalue weighted by atomic mass is 79.9. The Morgan fingerprint density at radius 2 is 1.89 bits per heavy atom. The van der Waals surface area contributed by atoms with E-state index in [-0.39, 0.29) is 0 Å². The highest BCUT2D eigenvalue weighted by Gasteiger charge is 2.11. The topological polar surface area (TPSA) is 15.3 Å². The third-order valence-corrected chi connectivity index (χ3v) is 4.27. The van der Waals surface area contributed by atoms with Crippen molar-refractivity contribution in [1.82, 2.24) is 10.2 Å². The number of hydrogen-bond acceptors (Lipinski definition) is 2. The Bertz CT molecular complexity index is 350. The lowest BCUT2D eigenvalue weighted by Gasteiger charge is -2.24. The summed E-state index contributed by atoms with van der Waals surface area (Å²) in [6.07, 6.45) is 2.40. The molecular formula is C16H27BrN2. The molecule has 1 rings (SSSR count). The summed E-state index contributed by atoms with van der Waals surface area (Å²) >= 11 is 3.49. The van der Waals surface area contributed by atoms with Crippen LogP contribution in [0.25, 0.3) is 0 Å². The maximum Gasteiger partial charge on any atom is 0.0329 e. The predicted molar refractivity (Wildman–Crippen MR) is 87.5 cm³/mol. The minimum absolute atomic E-state index is 0.437. The molecule has 3 heteroatoms. The summed E-state index contributed by atoms with van der Waals surface area (Å²) in [5.41, 5.74) is 1.36. The molecule has 0 bridgehead atoms. The van der Waals surface area contributed by atoms with Crippen molar-refractivity contribution < 1.29 is 0 Å². The zero-order valence-electron chi connectivity index (χ0n) is 12.6. The Labute approximate surface area is 126 Å². The third kappa shape index (κ3) is 6.07. The van der Waals surface area contributed by atoms with Crippen LogP contribution >= 0.6 is 15.9 Å². The SMILES string of the molecule is CCC(C)CN(C)CCC(NC)c1ccc(Br)cc1. The molecule has 0 aliphatic carbocycles. The molecule has 0 aliphatic rings. The fourth-order valence-electron chi connectivity index (χ4n) is 2.27. The first kappa shape index (κ1) is 16.7. The average molecular weight is 327 g/mol. The number of nitrogens with zero attached hydrogens (tertiary/aromatic N) is 1. The van der Waals surface area contributed by atoms with Gasteiger partial charge in [-0.05, 0) is 50.7 Å². The first-order valence-electron chi connectivity index (χ1n) is 7.18. The predicted octanol–water partition coefficient (Wildman–Crippen LogP) is 4.08. The van der Waals surface area contributed by atoms with Crippen LogP contribution in [0.5, 0.6) is 0 Å². The van der Waals surface area contributed by atoms with Gasteiger partial charge in [0.05, 0.1) is 0 Å². The summed E-state index contributed by atoms with van der Waals surface area (Å²) in [7, 11) is 4.27. The molecule has 0 fully saturated rings. The Morgan fingerprint density at radius 1 is 1.26 bits per heavy atom. The minimum Gasteiger partial charge on any atom is -0.313 e. The fourth-order valence-corrected chi connectivity index (χ4v) is 2.54. The van der Waals surface area contributed by atoms with Crippen LogP contribution in [0.15, 0.2) is 28.7 Å². The molecule has 0 spiro atoms. The number of halogens is 1. The first-order valence-corrected chi connectivity index (χ1v) is 7.97. The molecule has 1 N–H and O–H groups in total. The van der Waals surface area contributed by atoms with E-state index in [1.165, 1.54) is 18.5 Å². The van der Waals surface area contributed by atoms with Crippen LogP contribution in [0.1, 0.15) is 38.3 Å². The monoisotopic (exact) mass is 326 g/mol. The van der Waals surface area contributed by atoms with Gasteiger partial charge in [0.2, 0.25) is 0 Å². The third-order valence-electron chi connectivity index (χ3n) is 3.74. The van der Waals surface area contributed by atoms with E-state index in [9.17, 15) is 0 Å². The van der Waals surface area contributed by atoms with Crippen molar-refractivity contribution in [3.05, 3.63) is 34.3 Å². The summed E-state index contributed by atoms with van der Waals surface area (Å²) in [6, 6.07) is 9.05. The maximum atomic E-state index is 3.49. The smallest absolute Gasteiger partial charge is 0.0329 e. The second-order valence-electron chi connectivity index (χ2n) is 5.46. The molecule has 0 radical (unpaired) electrons. The van der Waals surface area contributed by atoms with Gasteiger partial charge in [0.1, 0.15) is 0 Å². The molecule has 0 saturated carbocycles. The van der Waals surface area contributed by atoms with E-state index in [0.717, 1.165) is 23.4 Å². The van der Waals surface area contributed by atoms with Crippen molar-refractivity contribution >= 4 is 15.9 Å². The van der Waals surface area contributed by atoms with Crippen molar-refractivity contribution in [3.63, 3.8) is 0 Å². The van der Waals surface area contributed by atoms with Crippen molar-refractivity contribution in [2.75, 3.05) is 27.2 Å². The highest BCUT2D eigenvalue weighted by molar-refractivity contribution is 9.10. The van der Waals surface area contributed by atoms with E-state index in [1.807, 2.05) is 7.05 Å². The van der Waals surface area contributed by atoms with E-state index in [2.05, 4.69) is 71.3 Å². The normalized spacial score (nSPS) is 14.6. The minimum atomic E-state index is 0.437. The van der Waals surface area contributed by atoms with Crippen LogP contribution in [0.2, 0.25) is 0 Å². The van der Waals surface area contributed by atoms with Crippen LogP contribution < -0.4 is 5.32 Å². The standard InChI is InChI=1S/C16H27BrN2/c1-5-13(2)12-19(4)11-10-16(18-3)14-6-8-15(17)9-7-14/h6-9,13,16,18H,5,10-12H2,1-4H3. The summed E-state index contributed by atoms with van der Waals surface area (Å²) in [4.78, 5) is 2.44. The van der Waals surface area contributed by atoms with Crippen LogP contribution in [0, 0.1) is 5.92 Å². The molecule has 0 aliphatic heterocycles. The van der Waals surface area contributed by atoms with Gasteiger partial charge in [-0.15, -0.1) is 0 Å². The van der Waals surface area contributed by atoms with E-state index < -0.39 is 0 Å². The highest BCUT2D eigenvalue weighted by Crippen LogP contribution is 2.19. The molecule has 108 valence electrons. The molecule has 2 unspecified atom stereocenters. The molecule has 0 aromatic heterocycles. The van der Waals surface area contributed by atoms with Gasteiger partial charge < -0.3 is 10.2 Å². The van der Waals surface area contributed by atoms with E-state index in [0.29, 0.717) is 6.04 Å². The Kier molecular flexibility index (Phi) is 7.66. The molecular weight excluding hydrogens is 300 g/mol.